The molecular weight excluding hydrogens is 210 g/mol. The average molecular weight is 229 g/mol. The van der Waals surface area contributed by atoms with Crippen LogP contribution in [-0.4, -0.2) is 10.4 Å². The van der Waals surface area contributed by atoms with E-state index >= 15 is 0 Å². The van der Waals surface area contributed by atoms with Gasteiger partial charge in [-0.25, -0.2) is 0 Å². The van der Waals surface area contributed by atoms with E-state index in [1.54, 1.807) is 6.92 Å². The van der Waals surface area contributed by atoms with Crippen molar-refractivity contribution in [2.45, 2.75) is 33.6 Å². The highest BCUT2D eigenvalue weighted by Gasteiger charge is 2.16. The molecule has 1 aromatic heterocycles. The van der Waals surface area contributed by atoms with E-state index in [0.29, 0.717) is 5.92 Å². The molecule has 0 bridgehead atoms. The first-order chi connectivity index (χ1) is 7.93. The largest absolute Gasteiger partial charge is 0.347 e. The van der Waals surface area contributed by atoms with Crippen molar-refractivity contribution in [3.8, 4) is 0 Å². The van der Waals surface area contributed by atoms with Gasteiger partial charge in [0.1, 0.15) is 0 Å². The van der Waals surface area contributed by atoms with Gasteiger partial charge in [-0.2, -0.15) is 0 Å². The van der Waals surface area contributed by atoms with Crippen molar-refractivity contribution < 1.29 is 4.79 Å². The van der Waals surface area contributed by atoms with Crippen LogP contribution >= 0.6 is 0 Å². The van der Waals surface area contributed by atoms with E-state index in [2.05, 4.69) is 36.6 Å². The fraction of sp³-hybridized carbons (Fsp3) is 0.400. The second-order valence-corrected chi connectivity index (χ2v) is 5.01. The highest BCUT2D eigenvalue weighted by atomic mass is 16.1. The van der Waals surface area contributed by atoms with Gasteiger partial charge in [-0.3, -0.25) is 4.79 Å². The first kappa shape index (κ1) is 11.9. The molecule has 0 aliphatic heterocycles. The Labute approximate surface area is 102 Å². The third-order valence-corrected chi connectivity index (χ3v) is 3.53. The van der Waals surface area contributed by atoms with Crippen LogP contribution in [0.3, 0.4) is 0 Å². The minimum absolute atomic E-state index is 0.147. The van der Waals surface area contributed by atoms with Crippen molar-refractivity contribution in [2.75, 3.05) is 0 Å². The lowest BCUT2D eigenvalue weighted by atomic mass is 9.99. The van der Waals surface area contributed by atoms with Crippen molar-refractivity contribution >= 4 is 16.7 Å². The quantitative estimate of drug-likeness (QED) is 0.718. The van der Waals surface area contributed by atoms with Crippen LogP contribution in [0.1, 0.15) is 48.3 Å². The number of aromatic nitrogens is 1. The molecule has 0 spiro atoms. The molecule has 1 heterocycles. The molecule has 0 unspecified atom stereocenters. The fourth-order valence-electron chi connectivity index (χ4n) is 2.39. The van der Waals surface area contributed by atoms with Crippen molar-refractivity contribution in [3.63, 3.8) is 0 Å². The second-order valence-electron chi connectivity index (χ2n) is 5.01. The van der Waals surface area contributed by atoms with Crippen LogP contribution in [0.2, 0.25) is 0 Å². The van der Waals surface area contributed by atoms with Crippen LogP contribution in [0.25, 0.3) is 10.9 Å². The molecule has 0 aliphatic rings. The average Bonchev–Trinajstić information content (AvgIpc) is 2.51. The number of Topliss-reactive ketones (excluding diaryl/α,β-unsaturated/α-hetero) is 1. The lowest BCUT2D eigenvalue weighted by molar-refractivity contribution is 0.101. The smallest absolute Gasteiger partial charge is 0.162 e. The molecule has 2 heteroatoms. The van der Waals surface area contributed by atoms with E-state index in [-0.39, 0.29) is 5.78 Å². The Morgan fingerprint density at radius 3 is 2.47 bits per heavy atom. The summed E-state index contributed by atoms with van der Waals surface area (Å²) < 4.78 is 2.09. The molecular formula is C15H19NO. The van der Waals surface area contributed by atoms with Crippen LogP contribution < -0.4 is 0 Å². The van der Waals surface area contributed by atoms with Crippen LogP contribution in [-0.2, 0) is 7.05 Å². The van der Waals surface area contributed by atoms with Crippen molar-refractivity contribution in [1.29, 1.82) is 0 Å². The number of carbonyl (C=O) groups excluding carboxylic acids is 1. The van der Waals surface area contributed by atoms with Gasteiger partial charge in [0.2, 0.25) is 0 Å². The summed E-state index contributed by atoms with van der Waals surface area (Å²) in [6.07, 6.45) is 0. The molecule has 0 amide bonds. The van der Waals surface area contributed by atoms with E-state index < -0.39 is 0 Å². The molecule has 0 saturated heterocycles. The maximum absolute atomic E-state index is 11.8. The summed E-state index contributed by atoms with van der Waals surface area (Å²) in [5.41, 5.74) is 4.33. The SMILES string of the molecule is CC(=O)c1c(C)n(C)c2ccc(C(C)C)cc12. The Hall–Kier alpha value is -1.57. The van der Waals surface area contributed by atoms with Crippen LogP contribution in [0.5, 0.6) is 0 Å². The summed E-state index contributed by atoms with van der Waals surface area (Å²) in [7, 11) is 2.01. The first-order valence-corrected chi connectivity index (χ1v) is 6.03. The standard InChI is InChI=1S/C15H19NO/c1-9(2)12-6-7-14-13(8-12)15(11(4)17)10(3)16(14)5/h6-9H,1-5H3. The van der Waals surface area contributed by atoms with Gasteiger partial charge in [-0.15, -0.1) is 0 Å². The maximum atomic E-state index is 11.8. The van der Waals surface area contributed by atoms with Gasteiger partial charge in [0.05, 0.1) is 0 Å². The molecule has 1 aromatic carbocycles. The second kappa shape index (κ2) is 4.02. The van der Waals surface area contributed by atoms with E-state index in [4.69, 9.17) is 0 Å². The van der Waals surface area contributed by atoms with Gasteiger partial charge in [-0.05, 0) is 37.5 Å². The Balaban J connectivity index is 2.83. The minimum Gasteiger partial charge on any atom is -0.347 e. The summed E-state index contributed by atoms with van der Waals surface area (Å²) in [4.78, 5) is 11.8. The number of hydrogen-bond donors (Lipinski definition) is 0. The molecule has 17 heavy (non-hydrogen) atoms. The number of benzene rings is 1. The molecule has 2 aromatic rings. The predicted octanol–water partition coefficient (Wildman–Crippen LogP) is 3.81. The Morgan fingerprint density at radius 1 is 1.29 bits per heavy atom. The fourth-order valence-corrected chi connectivity index (χ4v) is 2.39. The van der Waals surface area contributed by atoms with Gasteiger partial charge in [-0.1, -0.05) is 19.9 Å². The number of hydrogen-bond acceptors (Lipinski definition) is 1. The summed E-state index contributed by atoms with van der Waals surface area (Å²) >= 11 is 0. The van der Waals surface area contributed by atoms with Gasteiger partial charge >= 0.3 is 0 Å². The lowest BCUT2D eigenvalue weighted by Crippen LogP contribution is -1.96. The molecule has 0 fully saturated rings. The molecule has 2 nitrogen and oxygen atoms in total. The normalized spacial score (nSPS) is 11.4. The zero-order valence-corrected chi connectivity index (χ0v) is 11.2. The number of ketones is 1. The highest BCUT2D eigenvalue weighted by molar-refractivity contribution is 6.08. The van der Waals surface area contributed by atoms with E-state index in [1.165, 1.54) is 5.56 Å². The molecule has 0 atom stereocenters. The summed E-state index contributed by atoms with van der Waals surface area (Å²) in [5.74, 6) is 0.633. The number of carbonyl (C=O) groups is 1. The summed E-state index contributed by atoms with van der Waals surface area (Å²) in [6, 6.07) is 6.42. The van der Waals surface area contributed by atoms with Crippen molar-refractivity contribution in [1.82, 2.24) is 4.57 Å². The summed E-state index contributed by atoms with van der Waals surface area (Å²) in [5, 5.41) is 1.09. The van der Waals surface area contributed by atoms with Gasteiger partial charge < -0.3 is 4.57 Å². The van der Waals surface area contributed by atoms with Gasteiger partial charge in [0.15, 0.2) is 5.78 Å². The van der Waals surface area contributed by atoms with Crippen LogP contribution in [0, 0.1) is 6.92 Å². The minimum atomic E-state index is 0.147. The predicted molar refractivity (Wildman–Crippen MR) is 71.7 cm³/mol. The Bertz CT molecular complexity index is 590. The number of rotatable bonds is 2. The van der Waals surface area contributed by atoms with E-state index in [0.717, 1.165) is 22.2 Å². The first-order valence-electron chi connectivity index (χ1n) is 6.03. The summed E-state index contributed by atoms with van der Waals surface area (Å²) in [6.45, 7) is 7.99. The third-order valence-electron chi connectivity index (χ3n) is 3.53. The zero-order chi connectivity index (χ0) is 12.7. The van der Waals surface area contributed by atoms with Crippen LogP contribution in [0.4, 0.5) is 0 Å². The zero-order valence-electron chi connectivity index (χ0n) is 11.2. The number of aryl methyl sites for hydroxylation is 1. The topological polar surface area (TPSA) is 22.0 Å². The molecule has 90 valence electrons. The Kier molecular flexibility index (Phi) is 2.82. The van der Waals surface area contributed by atoms with Crippen LogP contribution in [0.15, 0.2) is 18.2 Å². The van der Waals surface area contributed by atoms with Gasteiger partial charge in [0.25, 0.3) is 0 Å². The van der Waals surface area contributed by atoms with E-state index in [1.807, 2.05) is 14.0 Å². The molecule has 0 saturated carbocycles. The number of nitrogens with zero attached hydrogens (tertiary/aromatic N) is 1. The van der Waals surface area contributed by atoms with Crippen molar-refractivity contribution in [2.24, 2.45) is 7.05 Å². The van der Waals surface area contributed by atoms with Crippen molar-refractivity contribution in [3.05, 3.63) is 35.0 Å². The maximum Gasteiger partial charge on any atom is 0.162 e. The third kappa shape index (κ3) is 1.78. The Morgan fingerprint density at radius 2 is 1.94 bits per heavy atom. The monoisotopic (exact) mass is 229 g/mol. The molecule has 2 rings (SSSR count). The molecule has 0 aliphatic carbocycles. The molecule has 0 radical (unpaired) electrons. The molecule has 0 N–H and O–H groups in total. The highest BCUT2D eigenvalue weighted by Crippen LogP contribution is 2.28. The lowest BCUT2D eigenvalue weighted by Gasteiger charge is -2.05. The van der Waals surface area contributed by atoms with E-state index in [9.17, 15) is 4.79 Å². The number of fused-ring (bicyclic) bond motifs is 1. The van der Waals surface area contributed by atoms with Gasteiger partial charge in [0, 0.05) is 29.2 Å².